The van der Waals surface area contributed by atoms with Crippen molar-refractivity contribution in [2.24, 2.45) is 11.7 Å². The number of hydrogen-bond donors (Lipinski definition) is 1. The van der Waals surface area contributed by atoms with Gasteiger partial charge in [0.2, 0.25) is 0 Å². The molecule has 0 amide bonds. The molecule has 0 saturated carbocycles. The number of likely N-dealkylation sites (N-methyl/N-ethyl adjacent to an activating group) is 1. The Morgan fingerprint density at radius 3 is 2.29 bits per heavy atom. The van der Waals surface area contributed by atoms with Crippen LogP contribution in [-0.4, -0.2) is 30.6 Å². The number of unbranched alkanes of at least 4 members (excludes halogenated alkanes) is 3. The van der Waals surface area contributed by atoms with Crippen LogP contribution in [0.5, 0.6) is 0 Å². The summed E-state index contributed by atoms with van der Waals surface area (Å²) in [7, 11) is 2.23. The van der Waals surface area contributed by atoms with E-state index in [4.69, 9.17) is 5.73 Å². The lowest BCUT2D eigenvalue weighted by molar-refractivity contribution is 0.112. The second-order valence-electron chi connectivity index (χ2n) is 5.91. The smallest absolute Gasteiger partial charge is 0.0300 e. The zero-order valence-corrected chi connectivity index (χ0v) is 12.8. The van der Waals surface area contributed by atoms with Crippen molar-refractivity contribution in [3.63, 3.8) is 0 Å². The van der Waals surface area contributed by atoms with Gasteiger partial charge in [0, 0.05) is 18.6 Å². The Bertz CT molecular complexity index is 182. The first-order valence-corrected chi connectivity index (χ1v) is 7.41. The third kappa shape index (κ3) is 6.42. The van der Waals surface area contributed by atoms with Gasteiger partial charge in [-0.15, -0.1) is 0 Å². The van der Waals surface area contributed by atoms with Crippen LogP contribution in [0.25, 0.3) is 0 Å². The number of nitrogens with two attached hydrogens (primary N) is 1. The Kier molecular flexibility index (Phi) is 8.89. The van der Waals surface area contributed by atoms with Crippen molar-refractivity contribution >= 4 is 0 Å². The van der Waals surface area contributed by atoms with E-state index >= 15 is 0 Å². The lowest BCUT2D eigenvalue weighted by atomic mass is 9.91. The molecule has 2 nitrogen and oxygen atoms in total. The van der Waals surface area contributed by atoms with Gasteiger partial charge in [-0.05, 0) is 26.3 Å². The number of nitrogens with zero attached hydrogens (tertiary/aromatic N) is 1. The SMILES string of the molecule is CCCCCCC(C)(CN)N(C)CC(C)CC. The van der Waals surface area contributed by atoms with Crippen molar-refractivity contribution in [1.29, 1.82) is 0 Å². The molecule has 0 aromatic heterocycles. The van der Waals surface area contributed by atoms with E-state index in [0.29, 0.717) is 0 Å². The minimum Gasteiger partial charge on any atom is -0.329 e. The fraction of sp³-hybridized carbons (Fsp3) is 1.00. The quantitative estimate of drug-likeness (QED) is 0.593. The Balaban J connectivity index is 4.13. The minimum absolute atomic E-state index is 0.192. The third-order valence-corrected chi connectivity index (χ3v) is 4.21. The molecule has 0 radical (unpaired) electrons. The molecule has 0 heterocycles. The van der Waals surface area contributed by atoms with Gasteiger partial charge in [0.1, 0.15) is 0 Å². The van der Waals surface area contributed by atoms with E-state index in [1.165, 1.54) is 38.5 Å². The molecule has 0 saturated heterocycles. The molecule has 2 atom stereocenters. The van der Waals surface area contributed by atoms with Crippen molar-refractivity contribution in [1.82, 2.24) is 4.90 Å². The monoisotopic (exact) mass is 242 g/mol. The summed E-state index contributed by atoms with van der Waals surface area (Å²) in [6.07, 6.45) is 7.81. The molecule has 2 unspecified atom stereocenters. The molecule has 0 aliphatic heterocycles. The summed E-state index contributed by atoms with van der Waals surface area (Å²) in [6, 6.07) is 0. The molecular weight excluding hydrogens is 208 g/mol. The van der Waals surface area contributed by atoms with E-state index in [2.05, 4.69) is 39.6 Å². The van der Waals surface area contributed by atoms with Crippen molar-refractivity contribution in [3.8, 4) is 0 Å². The molecule has 0 aliphatic carbocycles. The van der Waals surface area contributed by atoms with Crippen LogP contribution >= 0.6 is 0 Å². The van der Waals surface area contributed by atoms with Crippen LogP contribution in [0.1, 0.15) is 66.2 Å². The fourth-order valence-electron chi connectivity index (χ4n) is 2.20. The first kappa shape index (κ1) is 16.9. The van der Waals surface area contributed by atoms with Gasteiger partial charge in [-0.3, -0.25) is 4.90 Å². The van der Waals surface area contributed by atoms with Crippen LogP contribution in [0.15, 0.2) is 0 Å². The Morgan fingerprint density at radius 2 is 1.82 bits per heavy atom. The number of hydrogen-bond acceptors (Lipinski definition) is 2. The van der Waals surface area contributed by atoms with E-state index < -0.39 is 0 Å². The highest BCUT2D eigenvalue weighted by Crippen LogP contribution is 2.22. The molecule has 104 valence electrons. The van der Waals surface area contributed by atoms with Crippen LogP contribution in [0.3, 0.4) is 0 Å². The van der Waals surface area contributed by atoms with Gasteiger partial charge in [0.05, 0.1) is 0 Å². The van der Waals surface area contributed by atoms with Crippen LogP contribution in [-0.2, 0) is 0 Å². The van der Waals surface area contributed by atoms with Gasteiger partial charge in [0.25, 0.3) is 0 Å². The van der Waals surface area contributed by atoms with Crippen molar-refractivity contribution in [3.05, 3.63) is 0 Å². The molecule has 17 heavy (non-hydrogen) atoms. The molecular formula is C15H34N2. The van der Waals surface area contributed by atoms with Gasteiger partial charge in [-0.2, -0.15) is 0 Å². The van der Waals surface area contributed by atoms with Crippen molar-refractivity contribution < 1.29 is 0 Å². The van der Waals surface area contributed by atoms with Gasteiger partial charge in [0.15, 0.2) is 0 Å². The van der Waals surface area contributed by atoms with E-state index in [0.717, 1.165) is 19.0 Å². The molecule has 0 aromatic rings. The van der Waals surface area contributed by atoms with E-state index in [-0.39, 0.29) is 5.54 Å². The number of rotatable bonds is 10. The lowest BCUT2D eigenvalue weighted by Gasteiger charge is -2.39. The maximum absolute atomic E-state index is 6.00. The topological polar surface area (TPSA) is 29.3 Å². The first-order valence-electron chi connectivity index (χ1n) is 7.41. The van der Waals surface area contributed by atoms with Gasteiger partial charge >= 0.3 is 0 Å². The van der Waals surface area contributed by atoms with Crippen molar-refractivity contribution in [2.45, 2.75) is 71.8 Å². The highest BCUT2D eigenvalue weighted by Gasteiger charge is 2.27. The molecule has 0 bridgehead atoms. The second kappa shape index (κ2) is 8.93. The summed E-state index contributed by atoms with van der Waals surface area (Å²) in [5.41, 5.74) is 6.19. The second-order valence-corrected chi connectivity index (χ2v) is 5.91. The molecule has 2 heteroatoms. The molecule has 0 spiro atoms. The zero-order chi connectivity index (χ0) is 13.3. The van der Waals surface area contributed by atoms with Gasteiger partial charge in [-0.1, -0.05) is 52.9 Å². The summed E-state index contributed by atoms with van der Waals surface area (Å²) in [5, 5.41) is 0. The lowest BCUT2D eigenvalue weighted by Crippen LogP contribution is -2.51. The maximum atomic E-state index is 6.00. The predicted molar refractivity (Wildman–Crippen MR) is 78.3 cm³/mol. The standard InChI is InChI=1S/C15H34N2/c1-6-8-9-10-11-15(4,13-16)17(5)12-14(3)7-2/h14H,6-13,16H2,1-5H3. The summed E-state index contributed by atoms with van der Waals surface area (Å²) >= 11 is 0. The summed E-state index contributed by atoms with van der Waals surface area (Å²) in [6.45, 7) is 11.1. The van der Waals surface area contributed by atoms with Crippen LogP contribution in [0, 0.1) is 5.92 Å². The van der Waals surface area contributed by atoms with E-state index in [1.54, 1.807) is 0 Å². The Labute approximate surface area is 109 Å². The summed E-state index contributed by atoms with van der Waals surface area (Å²) < 4.78 is 0. The van der Waals surface area contributed by atoms with Crippen LogP contribution in [0.2, 0.25) is 0 Å². The largest absolute Gasteiger partial charge is 0.329 e. The van der Waals surface area contributed by atoms with E-state index in [9.17, 15) is 0 Å². The highest BCUT2D eigenvalue weighted by molar-refractivity contribution is 4.86. The van der Waals surface area contributed by atoms with Crippen LogP contribution < -0.4 is 5.73 Å². The summed E-state index contributed by atoms with van der Waals surface area (Å²) in [5.74, 6) is 0.765. The molecule has 0 fully saturated rings. The van der Waals surface area contributed by atoms with Crippen LogP contribution in [0.4, 0.5) is 0 Å². The average Bonchev–Trinajstić information content (AvgIpc) is 2.34. The molecule has 0 rings (SSSR count). The van der Waals surface area contributed by atoms with Gasteiger partial charge < -0.3 is 5.73 Å². The average molecular weight is 242 g/mol. The zero-order valence-electron chi connectivity index (χ0n) is 12.8. The third-order valence-electron chi connectivity index (χ3n) is 4.21. The van der Waals surface area contributed by atoms with E-state index in [1.807, 2.05) is 0 Å². The van der Waals surface area contributed by atoms with Gasteiger partial charge in [-0.25, -0.2) is 0 Å². The fourth-order valence-corrected chi connectivity index (χ4v) is 2.20. The highest BCUT2D eigenvalue weighted by atomic mass is 15.2. The predicted octanol–water partition coefficient (Wildman–Crippen LogP) is 3.65. The maximum Gasteiger partial charge on any atom is 0.0300 e. The first-order chi connectivity index (χ1) is 8.00. The Hall–Kier alpha value is -0.0800. The molecule has 2 N–H and O–H groups in total. The Morgan fingerprint density at radius 1 is 1.18 bits per heavy atom. The molecule has 0 aromatic carbocycles. The van der Waals surface area contributed by atoms with Crippen molar-refractivity contribution in [2.75, 3.05) is 20.1 Å². The summed E-state index contributed by atoms with van der Waals surface area (Å²) in [4.78, 5) is 2.48. The molecule has 0 aliphatic rings. The normalized spacial score (nSPS) is 17.1. The minimum atomic E-state index is 0.192.